The third-order valence-corrected chi connectivity index (χ3v) is 5.55. The highest BCUT2D eigenvalue weighted by Crippen LogP contribution is 2.45. The van der Waals surface area contributed by atoms with Gasteiger partial charge in [-0.2, -0.15) is 0 Å². The molecule has 0 aromatic carbocycles. The summed E-state index contributed by atoms with van der Waals surface area (Å²) in [5, 5.41) is 4.55. The maximum absolute atomic E-state index is 12.1. The molecule has 3 aromatic heterocycles. The summed E-state index contributed by atoms with van der Waals surface area (Å²) >= 11 is 1.44. The molecule has 2 N–H and O–H groups in total. The van der Waals surface area contributed by atoms with Gasteiger partial charge in [0, 0.05) is 11.9 Å². The van der Waals surface area contributed by atoms with Crippen LogP contribution in [0.1, 0.15) is 38.3 Å². The fraction of sp³-hybridized carbons (Fsp3) is 0.471. The summed E-state index contributed by atoms with van der Waals surface area (Å²) in [5.41, 5.74) is 3.57. The van der Waals surface area contributed by atoms with Crippen molar-refractivity contribution in [3.63, 3.8) is 0 Å². The normalized spacial score (nSPS) is 16.1. The van der Waals surface area contributed by atoms with Crippen LogP contribution in [-0.2, 0) is 12.8 Å². The molecule has 0 saturated carbocycles. The molecule has 0 radical (unpaired) electrons. The largest absolute Gasteiger partial charge is 0.370 e. The van der Waals surface area contributed by atoms with Crippen molar-refractivity contribution < 1.29 is 0 Å². The first-order chi connectivity index (χ1) is 11.0. The number of H-pyrrole nitrogens is 1. The Bertz CT molecular complexity index is 970. The van der Waals surface area contributed by atoms with Crippen LogP contribution in [0, 0.1) is 5.41 Å². The molecule has 3 aromatic rings. The van der Waals surface area contributed by atoms with Crippen LogP contribution >= 0.6 is 11.3 Å². The zero-order chi connectivity index (χ0) is 16.2. The fourth-order valence-electron chi connectivity index (χ4n) is 3.52. The molecular weight excluding hydrogens is 308 g/mol. The van der Waals surface area contributed by atoms with Crippen LogP contribution < -0.4 is 10.9 Å². The van der Waals surface area contributed by atoms with Crippen molar-refractivity contribution in [3.8, 4) is 0 Å². The fourth-order valence-corrected chi connectivity index (χ4v) is 4.57. The molecule has 0 fully saturated rings. The van der Waals surface area contributed by atoms with E-state index in [4.69, 9.17) is 4.98 Å². The highest BCUT2D eigenvalue weighted by Gasteiger charge is 2.34. The molecule has 6 heteroatoms. The highest BCUT2D eigenvalue weighted by molar-refractivity contribution is 7.25. The molecule has 4 rings (SSSR count). The topological polar surface area (TPSA) is 70.7 Å². The van der Waals surface area contributed by atoms with Gasteiger partial charge in [0.2, 0.25) is 0 Å². The van der Waals surface area contributed by atoms with Crippen molar-refractivity contribution >= 4 is 37.6 Å². The first-order valence-corrected chi connectivity index (χ1v) is 8.87. The van der Waals surface area contributed by atoms with E-state index in [0.29, 0.717) is 4.70 Å². The lowest BCUT2D eigenvalue weighted by Crippen LogP contribution is -2.10. The number of nitrogens with one attached hydrogen (secondary N) is 2. The van der Waals surface area contributed by atoms with E-state index >= 15 is 0 Å². The maximum Gasteiger partial charge on any atom is 0.268 e. The van der Waals surface area contributed by atoms with Gasteiger partial charge in [-0.3, -0.25) is 4.79 Å². The first-order valence-electron chi connectivity index (χ1n) is 8.05. The third-order valence-electron chi connectivity index (χ3n) is 4.48. The summed E-state index contributed by atoms with van der Waals surface area (Å²) in [4.78, 5) is 25.0. The molecule has 0 bridgehead atoms. The standard InChI is InChI=1S/C17H20N4OS/c1-4-5-18-14-10-7-17(2,3)6-9(10)11-12-13(23-16(11)21-14)15(22)20-8-19-12/h8H,4-7H2,1-3H3,(H,18,21)(H,19,20,22). The Morgan fingerprint density at radius 1 is 1.35 bits per heavy atom. The van der Waals surface area contributed by atoms with Crippen LogP contribution in [0.25, 0.3) is 20.4 Å². The van der Waals surface area contributed by atoms with Crippen LogP contribution in [0.3, 0.4) is 0 Å². The zero-order valence-corrected chi connectivity index (χ0v) is 14.4. The van der Waals surface area contributed by atoms with Crippen molar-refractivity contribution in [2.24, 2.45) is 5.41 Å². The molecule has 0 saturated heterocycles. The predicted octanol–water partition coefficient (Wildman–Crippen LogP) is 3.48. The van der Waals surface area contributed by atoms with E-state index in [1.165, 1.54) is 28.8 Å². The second-order valence-corrected chi connectivity index (χ2v) is 8.05. The summed E-state index contributed by atoms with van der Waals surface area (Å²) in [6.45, 7) is 7.64. The summed E-state index contributed by atoms with van der Waals surface area (Å²) in [6, 6.07) is 0. The van der Waals surface area contributed by atoms with Gasteiger partial charge in [-0.25, -0.2) is 9.97 Å². The van der Waals surface area contributed by atoms with Crippen molar-refractivity contribution in [2.75, 3.05) is 11.9 Å². The lowest BCUT2D eigenvalue weighted by molar-refractivity contribution is 0.393. The van der Waals surface area contributed by atoms with Gasteiger partial charge in [-0.1, -0.05) is 20.8 Å². The Morgan fingerprint density at radius 2 is 2.13 bits per heavy atom. The second kappa shape index (κ2) is 5.03. The quantitative estimate of drug-likeness (QED) is 0.772. The molecule has 0 amide bonds. The van der Waals surface area contributed by atoms with E-state index in [-0.39, 0.29) is 11.0 Å². The lowest BCUT2D eigenvalue weighted by Gasteiger charge is -2.15. The van der Waals surface area contributed by atoms with E-state index in [9.17, 15) is 4.79 Å². The summed E-state index contributed by atoms with van der Waals surface area (Å²) in [5.74, 6) is 0.989. The van der Waals surface area contributed by atoms with Crippen molar-refractivity contribution in [3.05, 3.63) is 27.8 Å². The van der Waals surface area contributed by atoms with Crippen LogP contribution in [0.2, 0.25) is 0 Å². The van der Waals surface area contributed by atoms with Gasteiger partial charge in [0.05, 0.1) is 11.8 Å². The molecule has 0 spiro atoms. The van der Waals surface area contributed by atoms with E-state index in [1.807, 2.05) is 0 Å². The number of rotatable bonds is 3. The van der Waals surface area contributed by atoms with Gasteiger partial charge in [0.15, 0.2) is 0 Å². The van der Waals surface area contributed by atoms with Crippen molar-refractivity contribution in [1.29, 1.82) is 0 Å². The van der Waals surface area contributed by atoms with Gasteiger partial charge in [0.1, 0.15) is 15.3 Å². The molecular formula is C17H20N4OS. The Morgan fingerprint density at radius 3 is 2.91 bits per heavy atom. The molecule has 5 nitrogen and oxygen atoms in total. The average Bonchev–Trinajstić information content (AvgIpc) is 3.02. The van der Waals surface area contributed by atoms with E-state index in [2.05, 4.69) is 36.1 Å². The molecule has 0 aliphatic heterocycles. The number of anilines is 1. The Balaban J connectivity index is 2.06. The molecule has 1 aliphatic carbocycles. The number of aromatic nitrogens is 3. The number of aromatic amines is 1. The number of thiophene rings is 1. The van der Waals surface area contributed by atoms with E-state index in [1.54, 1.807) is 0 Å². The average molecular weight is 328 g/mol. The number of hydrogen-bond donors (Lipinski definition) is 2. The highest BCUT2D eigenvalue weighted by atomic mass is 32.1. The third kappa shape index (κ3) is 2.24. The number of pyridine rings is 1. The van der Waals surface area contributed by atoms with Gasteiger partial charge in [-0.05, 0) is 35.8 Å². The zero-order valence-electron chi connectivity index (χ0n) is 13.6. The molecule has 23 heavy (non-hydrogen) atoms. The van der Waals surface area contributed by atoms with Crippen LogP contribution in [-0.4, -0.2) is 21.5 Å². The SMILES string of the molecule is CCCNc1nc2sc3c(=O)[nH]cnc3c2c2c1CC(C)(C)C2. The monoisotopic (exact) mass is 328 g/mol. The van der Waals surface area contributed by atoms with E-state index in [0.717, 1.165) is 47.4 Å². The number of fused-ring (bicyclic) bond motifs is 5. The smallest absolute Gasteiger partial charge is 0.268 e. The minimum atomic E-state index is -0.0768. The molecule has 120 valence electrons. The Hall–Kier alpha value is -1.95. The molecule has 3 heterocycles. The van der Waals surface area contributed by atoms with Crippen molar-refractivity contribution in [2.45, 2.75) is 40.0 Å². The number of hydrogen-bond acceptors (Lipinski definition) is 5. The van der Waals surface area contributed by atoms with Gasteiger partial charge in [-0.15, -0.1) is 11.3 Å². The summed E-state index contributed by atoms with van der Waals surface area (Å²) in [7, 11) is 0. The van der Waals surface area contributed by atoms with Gasteiger partial charge >= 0.3 is 0 Å². The van der Waals surface area contributed by atoms with Gasteiger partial charge in [0.25, 0.3) is 5.56 Å². The van der Waals surface area contributed by atoms with Crippen molar-refractivity contribution in [1.82, 2.24) is 15.0 Å². The minimum Gasteiger partial charge on any atom is -0.370 e. The van der Waals surface area contributed by atoms with E-state index < -0.39 is 0 Å². The molecule has 1 aliphatic rings. The van der Waals surface area contributed by atoms with Crippen LogP contribution in [0.4, 0.5) is 5.82 Å². The molecule has 0 unspecified atom stereocenters. The first kappa shape index (κ1) is 14.6. The second-order valence-electron chi connectivity index (χ2n) is 7.05. The Kier molecular flexibility index (Phi) is 3.20. The van der Waals surface area contributed by atoms with Crippen LogP contribution in [0.5, 0.6) is 0 Å². The summed E-state index contributed by atoms with van der Waals surface area (Å²) in [6.07, 6.45) is 4.57. The van der Waals surface area contributed by atoms with Gasteiger partial charge < -0.3 is 10.3 Å². The Labute approximate surface area is 138 Å². The predicted molar refractivity (Wildman–Crippen MR) is 95.5 cm³/mol. The molecule has 0 atom stereocenters. The van der Waals surface area contributed by atoms with Crippen LogP contribution in [0.15, 0.2) is 11.1 Å². The number of nitrogens with zero attached hydrogens (tertiary/aromatic N) is 2. The lowest BCUT2D eigenvalue weighted by atomic mass is 9.90. The minimum absolute atomic E-state index is 0.0768. The summed E-state index contributed by atoms with van der Waals surface area (Å²) < 4.78 is 0.676. The maximum atomic E-state index is 12.1.